The molecule has 1 unspecified atom stereocenters. The summed E-state index contributed by atoms with van der Waals surface area (Å²) < 4.78 is 1.84. The molecule has 0 aliphatic carbocycles. The van der Waals surface area contributed by atoms with Gasteiger partial charge in [-0.15, -0.1) is 12.4 Å². The van der Waals surface area contributed by atoms with Gasteiger partial charge in [0.1, 0.15) is 0 Å². The molecular formula is C13H23ClN4O. The van der Waals surface area contributed by atoms with Crippen LogP contribution in [0.15, 0.2) is 6.20 Å². The van der Waals surface area contributed by atoms with Gasteiger partial charge in [0.15, 0.2) is 0 Å². The first-order valence-electron chi connectivity index (χ1n) is 6.59. The Balaban J connectivity index is 0.00000180. The highest BCUT2D eigenvalue weighted by Gasteiger charge is 2.23. The minimum atomic E-state index is 0. The Labute approximate surface area is 120 Å². The average molecular weight is 287 g/mol. The van der Waals surface area contributed by atoms with Crippen LogP contribution < -0.4 is 10.6 Å². The third-order valence-corrected chi connectivity index (χ3v) is 3.81. The standard InChI is InChI=1S/C13H22N4O.ClH/c1-9(12-8-15-17(3)10(12)2)16-13(18)11-4-6-14-7-5-11;/h8-9,11,14H,4-7H2,1-3H3,(H,16,18);1H. The fourth-order valence-corrected chi connectivity index (χ4v) is 2.43. The molecule has 0 spiro atoms. The summed E-state index contributed by atoms with van der Waals surface area (Å²) in [7, 11) is 1.92. The van der Waals surface area contributed by atoms with Crippen molar-refractivity contribution in [3.8, 4) is 0 Å². The summed E-state index contributed by atoms with van der Waals surface area (Å²) >= 11 is 0. The SMILES string of the molecule is Cc1c(C(C)NC(=O)C2CCNCC2)cnn1C.Cl. The molecule has 0 radical (unpaired) electrons. The fraction of sp³-hybridized carbons (Fsp3) is 0.692. The highest BCUT2D eigenvalue weighted by Crippen LogP contribution is 2.18. The van der Waals surface area contributed by atoms with Crippen molar-refractivity contribution in [3.05, 3.63) is 17.5 Å². The second-order valence-electron chi connectivity index (χ2n) is 5.06. The maximum absolute atomic E-state index is 12.1. The van der Waals surface area contributed by atoms with E-state index in [9.17, 15) is 4.79 Å². The highest BCUT2D eigenvalue weighted by molar-refractivity contribution is 5.85. The Bertz CT molecular complexity index is 426. The molecule has 0 saturated carbocycles. The van der Waals surface area contributed by atoms with Crippen molar-refractivity contribution in [2.45, 2.75) is 32.7 Å². The van der Waals surface area contributed by atoms with Crippen LogP contribution in [0.5, 0.6) is 0 Å². The van der Waals surface area contributed by atoms with E-state index in [4.69, 9.17) is 0 Å². The van der Waals surface area contributed by atoms with Gasteiger partial charge in [-0.05, 0) is 39.8 Å². The summed E-state index contributed by atoms with van der Waals surface area (Å²) in [6.07, 6.45) is 3.71. The van der Waals surface area contributed by atoms with E-state index in [1.165, 1.54) is 0 Å². The third kappa shape index (κ3) is 3.70. The van der Waals surface area contributed by atoms with E-state index in [0.29, 0.717) is 0 Å². The molecule has 1 aromatic rings. The van der Waals surface area contributed by atoms with Crippen LogP contribution in [-0.4, -0.2) is 28.8 Å². The van der Waals surface area contributed by atoms with Crippen molar-refractivity contribution >= 4 is 18.3 Å². The van der Waals surface area contributed by atoms with Crippen LogP contribution in [0.25, 0.3) is 0 Å². The number of rotatable bonds is 3. The topological polar surface area (TPSA) is 59.0 Å². The second kappa shape index (κ2) is 6.91. The molecule has 1 aliphatic rings. The van der Waals surface area contributed by atoms with Gasteiger partial charge in [0.05, 0.1) is 12.2 Å². The smallest absolute Gasteiger partial charge is 0.223 e. The molecular weight excluding hydrogens is 264 g/mol. The molecule has 1 aromatic heterocycles. The molecule has 2 heterocycles. The zero-order valence-corrected chi connectivity index (χ0v) is 12.6. The third-order valence-electron chi connectivity index (χ3n) is 3.81. The van der Waals surface area contributed by atoms with Crippen LogP contribution in [0.1, 0.15) is 37.1 Å². The van der Waals surface area contributed by atoms with Crippen molar-refractivity contribution in [1.82, 2.24) is 20.4 Å². The van der Waals surface area contributed by atoms with E-state index in [1.807, 2.05) is 31.8 Å². The molecule has 0 bridgehead atoms. The van der Waals surface area contributed by atoms with Crippen LogP contribution in [-0.2, 0) is 11.8 Å². The monoisotopic (exact) mass is 286 g/mol. The molecule has 1 atom stereocenters. The zero-order chi connectivity index (χ0) is 13.1. The summed E-state index contributed by atoms with van der Waals surface area (Å²) in [5, 5.41) is 10.6. The molecule has 1 saturated heterocycles. The lowest BCUT2D eigenvalue weighted by molar-refractivity contribution is -0.126. The van der Waals surface area contributed by atoms with Crippen molar-refractivity contribution in [3.63, 3.8) is 0 Å². The van der Waals surface area contributed by atoms with Gasteiger partial charge in [0.2, 0.25) is 5.91 Å². The van der Waals surface area contributed by atoms with Gasteiger partial charge in [-0.3, -0.25) is 9.48 Å². The number of piperidine rings is 1. The van der Waals surface area contributed by atoms with Gasteiger partial charge in [-0.1, -0.05) is 0 Å². The van der Waals surface area contributed by atoms with Crippen LogP contribution >= 0.6 is 12.4 Å². The van der Waals surface area contributed by atoms with Gasteiger partial charge >= 0.3 is 0 Å². The van der Waals surface area contributed by atoms with Gasteiger partial charge in [0, 0.05) is 24.2 Å². The van der Waals surface area contributed by atoms with Gasteiger partial charge < -0.3 is 10.6 Å². The Kier molecular flexibility index (Phi) is 5.82. The molecule has 2 N–H and O–H groups in total. The Morgan fingerprint density at radius 3 is 2.68 bits per heavy atom. The molecule has 5 nitrogen and oxygen atoms in total. The fourth-order valence-electron chi connectivity index (χ4n) is 2.43. The Morgan fingerprint density at radius 2 is 2.16 bits per heavy atom. The average Bonchev–Trinajstić information content (AvgIpc) is 2.71. The van der Waals surface area contributed by atoms with E-state index < -0.39 is 0 Å². The van der Waals surface area contributed by atoms with E-state index in [0.717, 1.165) is 37.2 Å². The predicted molar refractivity (Wildman–Crippen MR) is 77.3 cm³/mol. The second-order valence-corrected chi connectivity index (χ2v) is 5.06. The molecule has 2 rings (SSSR count). The maximum Gasteiger partial charge on any atom is 0.223 e. The molecule has 1 fully saturated rings. The number of carbonyl (C=O) groups excluding carboxylic acids is 1. The Hall–Kier alpha value is -1.07. The van der Waals surface area contributed by atoms with E-state index >= 15 is 0 Å². The lowest BCUT2D eigenvalue weighted by Gasteiger charge is -2.24. The number of nitrogens with one attached hydrogen (secondary N) is 2. The van der Waals surface area contributed by atoms with Crippen molar-refractivity contribution in [2.75, 3.05) is 13.1 Å². The quantitative estimate of drug-likeness (QED) is 0.881. The minimum Gasteiger partial charge on any atom is -0.349 e. The molecule has 1 amide bonds. The maximum atomic E-state index is 12.1. The van der Waals surface area contributed by atoms with Gasteiger partial charge in [0.25, 0.3) is 0 Å². The lowest BCUT2D eigenvalue weighted by atomic mass is 9.96. The highest BCUT2D eigenvalue weighted by atomic mass is 35.5. The van der Waals surface area contributed by atoms with Crippen molar-refractivity contribution < 1.29 is 4.79 Å². The Morgan fingerprint density at radius 1 is 1.53 bits per heavy atom. The molecule has 1 aliphatic heterocycles. The van der Waals surface area contributed by atoms with E-state index in [1.54, 1.807) is 0 Å². The summed E-state index contributed by atoms with van der Waals surface area (Å²) in [5.41, 5.74) is 2.20. The molecule has 0 aromatic carbocycles. The van der Waals surface area contributed by atoms with Gasteiger partial charge in [-0.2, -0.15) is 5.10 Å². The summed E-state index contributed by atoms with van der Waals surface area (Å²) in [6, 6.07) is 0.0288. The van der Waals surface area contributed by atoms with Gasteiger partial charge in [-0.25, -0.2) is 0 Å². The largest absolute Gasteiger partial charge is 0.349 e. The lowest BCUT2D eigenvalue weighted by Crippen LogP contribution is -2.39. The van der Waals surface area contributed by atoms with Crippen molar-refractivity contribution in [1.29, 1.82) is 0 Å². The number of aryl methyl sites for hydroxylation is 1. The molecule has 6 heteroatoms. The number of nitrogens with zero attached hydrogens (tertiary/aromatic N) is 2. The zero-order valence-electron chi connectivity index (χ0n) is 11.8. The van der Waals surface area contributed by atoms with Crippen LogP contribution in [0, 0.1) is 12.8 Å². The normalized spacial score (nSPS) is 17.6. The van der Waals surface area contributed by atoms with Crippen LogP contribution in [0.3, 0.4) is 0 Å². The summed E-state index contributed by atoms with van der Waals surface area (Å²) in [6.45, 7) is 5.93. The summed E-state index contributed by atoms with van der Waals surface area (Å²) in [4.78, 5) is 12.1. The van der Waals surface area contributed by atoms with Crippen LogP contribution in [0.4, 0.5) is 0 Å². The van der Waals surface area contributed by atoms with Crippen molar-refractivity contribution in [2.24, 2.45) is 13.0 Å². The minimum absolute atomic E-state index is 0. The van der Waals surface area contributed by atoms with Crippen LogP contribution in [0.2, 0.25) is 0 Å². The number of amides is 1. The number of halogens is 1. The number of aromatic nitrogens is 2. The summed E-state index contributed by atoms with van der Waals surface area (Å²) in [5.74, 6) is 0.331. The number of hydrogen-bond donors (Lipinski definition) is 2. The number of carbonyl (C=O) groups is 1. The van der Waals surface area contributed by atoms with E-state index in [2.05, 4.69) is 15.7 Å². The van der Waals surface area contributed by atoms with E-state index in [-0.39, 0.29) is 30.3 Å². The molecule has 108 valence electrons. The first-order valence-corrected chi connectivity index (χ1v) is 6.59. The molecule has 19 heavy (non-hydrogen) atoms. The first-order chi connectivity index (χ1) is 8.59. The predicted octanol–water partition coefficient (Wildman–Crippen LogP) is 1.33. The number of hydrogen-bond acceptors (Lipinski definition) is 3. The first kappa shape index (κ1) is 16.0.